The molecule has 1 aliphatic rings. The van der Waals surface area contributed by atoms with Crippen molar-refractivity contribution >= 4 is 34.0 Å². The topological polar surface area (TPSA) is 61.4 Å². The number of hydrogen-bond acceptors (Lipinski definition) is 4. The summed E-state index contributed by atoms with van der Waals surface area (Å²) in [5.41, 5.74) is 1.16. The van der Waals surface area contributed by atoms with E-state index in [9.17, 15) is 8.42 Å². The molecule has 0 bridgehead atoms. The Morgan fingerprint density at radius 3 is 2.90 bits per heavy atom. The van der Waals surface area contributed by atoms with Gasteiger partial charge in [0.15, 0.2) is 0 Å². The van der Waals surface area contributed by atoms with Gasteiger partial charge in [-0.2, -0.15) is 0 Å². The molecule has 1 aliphatic heterocycles. The molecule has 0 radical (unpaired) electrons. The van der Waals surface area contributed by atoms with Gasteiger partial charge in [0.25, 0.3) is 0 Å². The lowest BCUT2D eigenvalue weighted by Crippen LogP contribution is -2.48. The summed E-state index contributed by atoms with van der Waals surface area (Å²) in [5, 5.41) is 4.09. The highest BCUT2D eigenvalue weighted by molar-refractivity contribution is 7.88. The third-order valence-corrected chi connectivity index (χ3v) is 4.31. The van der Waals surface area contributed by atoms with Crippen LogP contribution in [-0.4, -0.2) is 52.3 Å². The second-order valence-corrected chi connectivity index (χ2v) is 7.25. The average Bonchev–Trinajstić information content (AvgIpc) is 2.38. The van der Waals surface area contributed by atoms with Crippen LogP contribution in [0, 0.1) is 0 Å². The second kappa shape index (κ2) is 8.31. The maximum absolute atomic E-state index is 11.1. The van der Waals surface area contributed by atoms with E-state index in [4.69, 9.17) is 11.6 Å². The first-order valence-electron chi connectivity index (χ1n) is 6.60. The quantitative estimate of drug-likeness (QED) is 0.836. The minimum atomic E-state index is -3.13. The van der Waals surface area contributed by atoms with E-state index in [0.29, 0.717) is 13.1 Å². The molecule has 0 saturated carbocycles. The van der Waals surface area contributed by atoms with Crippen molar-refractivity contribution in [3.63, 3.8) is 0 Å². The van der Waals surface area contributed by atoms with E-state index in [1.807, 2.05) is 18.2 Å². The number of piperazine rings is 1. The second-order valence-electron chi connectivity index (χ2n) is 4.98. The van der Waals surface area contributed by atoms with Gasteiger partial charge in [-0.1, -0.05) is 23.7 Å². The van der Waals surface area contributed by atoms with Crippen LogP contribution in [0.5, 0.6) is 0 Å². The van der Waals surface area contributed by atoms with Crippen molar-refractivity contribution in [1.82, 2.24) is 14.9 Å². The molecule has 1 aromatic rings. The summed E-state index contributed by atoms with van der Waals surface area (Å²) < 4.78 is 24.8. The lowest BCUT2D eigenvalue weighted by atomic mass is 10.0. The van der Waals surface area contributed by atoms with E-state index in [1.54, 1.807) is 0 Å². The molecule has 0 aliphatic carbocycles. The zero-order chi connectivity index (χ0) is 14.6. The van der Waals surface area contributed by atoms with Gasteiger partial charge in [-0.25, -0.2) is 13.1 Å². The molecule has 1 atom stereocenters. The summed E-state index contributed by atoms with van der Waals surface area (Å²) in [6, 6.07) is 8.05. The fourth-order valence-electron chi connectivity index (χ4n) is 2.43. The molecule has 2 N–H and O–H groups in total. The Hall–Kier alpha value is -0.370. The van der Waals surface area contributed by atoms with Gasteiger partial charge in [0.2, 0.25) is 10.0 Å². The minimum absolute atomic E-state index is 0. The maximum atomic E-state index is 11.1. The van der Waals surface area contributed by atoms with Gasteiger partial charge in [0.05, 0.1) is 6.26 Å². The van der Waals surface area contributed by atoms with Crippen molar-refractivity contribution in [2.75, 3.05) is 39.0 Å². The standard InChI is InChI=1S/C13H20ClN3O2S.ClH/c1-20(18,19)16-6-8-17-7-5-15-10-13(17)11-3-2-4-12(14)9-11;/h2-4,9,13,15-16H,5-8,10H2,1H3;1H. The van der Waals surface area contributed by atoms with E-state index in [0.717, 1.165) is 30.2 Å². The highest BCUT2D eigenvalue weighted by Crippen LogP contribution is 2.24. The van der Waals surface area contributed by atoms with Crippen LogP contribution in [0.4, 0.5) is 0 Å². The fraction of sp³-hybridized carbons (Fsp3) is 0.538. The van der Waals surface area contributed by atoms with Crippen LogP contribution < -0.4 is 10.0 Å². The van der Waals surface area contributed by atoms with Crippen LogP contribution in [0.15, 0.2) is 24.3 Å². The van der Waals surface area contributed by atoms with Gasteiger partial charge in [-0.15, -0.1) is 12.4 Å². The number of hydrogen-bond donors (Lipinski definition) is 2. The molecular weight excluding hydrogens is 333 g/mol. The number of sulfonamides is 1. The van der Waals surface area contributed by atoms with Crippen molar-refractivity contribution in [2.24, 2.45) is 0 Å². The van der Waals surface area contributed by atoms with Crippen molar-refractivity contribution in [3.8, 4) is 0 Å². The third-order valence-electron chi connectivity index (χ3n) is 3.35. The molecule has 2 rings (SSSR count). The van der Waals surface area contributed by atoms with E-state index >= 15 is 0 Å². The zero-order valence-electron chi connectivity index (χ0n) is 11.9. The molecule has 8 heteroatoms. The predicted molar refractivity (Wildman–Crippen MR) is 88.7 cm³/mol. The Labute approximate surface area is 137 Å². The summed E-state index contributed by atoms with van der Waals surface area (Å²) in [5.74, 6) is 0. The van der Waals surface area contributed by atoms with Gasteiger partial charge in [-0.05, 0) is 17.7 Å². The summed E-state index contributed by atoms with van der Waals surface area (Å²) in [6.07, 6.45) is 1.18. The number of benzene rings is 1. The zero-order valence-corrected chi connectivity index (χ0v) is 14.3. The first-order chi connectivity index (χ1) is 9.46. The largest absolute Gasteiger partial charge is 0.314 e. The van der Waals surface area contributed by atoms with Gasteiger partial charge in [0, 0.05) is 43.8 Å². The first kappa shape index (κ1) is 18.7. The summed E-state index contributed by atoms with van der Waals surface area (Å²) >= 11 is 6.05. The molecule has 1 aromatic carbocycles. The van der Waals surface area contributed by atoms with Crippen LogP contribution in [-0.2, 0) is 10.0 Å². The van der Waals surface area contributed by atoms with E-state index < -0.39 is 10.0 Å². The molecule has 1 heterocycles. The highest BCUT2D eigenvalue weighted by Gasteiger charge is 2.23. The molecule has 0 aromatic heterocycles. The van der Waals surface area contributed by atoms with Gasteiger partial charge in [-0.3, -0.25) is 4.90 Å². The van der Waals surface area contributed by atoms with E-state index in [-0.39, 0.29) is 18.4 Å². The van der Waals surface area contributed by atoms with Crippen molar-refractivity contribution in [2.45, 2.75) is 6.04 Å². The van der Waals surface area contributed by atoms with Gasteiger partial charge < -0.3 is 5.32 Å². The number of rotatable bonds is 5. The normalized spacial score (nSPS) is 20.0. The average molecular weight is 354 g/mol. The van der Waals surface area contributed by atoms with Crippen molar-refractivity contribution in [3.05, 3.63) is 34.9 Å². The van der Waals surface area contributed by atoms with E-state index in [1.165, 1.54) is 6.26 Å². The van der Waals surface area contributed by atoms with Crippen LogP contribution in [0.1, 0.15) is 11.6 Å². The molecule has 1 fully saturated rings. The molecule has 0 amide bonds. The molecule has 1 unspecified atom stereocenters. The Kier molecular flexibility index (Phi) is 7.39. The number of nitrogens with one attached hydrogen (secondary N) is 2. The molecule has 5 nitrogen and oxygen atoms in total. The molecule has 120 valence electrons. The predicted octanol–water partition coefficient (Wildman–Crippen LogP) is 1.26. The molecule has 21 heavy (non-hydrogen) atoms. The monoisotopic (exact) mass is 353 g/mol. The number of nitrogens with zero attached hydrogens (tertiary/aromatic N) is 1. The van der Waals surface area contributed by atoms with Crippen LogP contribution in [0.2, 0.25) is 5.02 Å². The van der Waals surface area contributed by atoms with Crippen molar-refractivity contribution in [1.29, 1.82) is 0 Å². The third kappa shape index (κ3) is 6.10. The summed E-state index contributed by atoms with van der Waals surface area (Å²) in [7, 11) is -3.13. The Balaban J connectivity index is 0.00000220. The molecule has 1 saturated heterocycles. The fourth-order valence-corrected chi connectivity index (χ4v) is 3.09. The number of halogens is 2. The van der Waals surface area contributed by atoms with Crippen LogP contribution in [0.25, 0.3) is 0 Å². The minimum Gasteiger partial charge on any atom is -0.314 e. The summed E-state index contributed by atoms with van der Waals surface area (Å²) in [4.78, 5) is 2.28. The van der Waals surface area contributed by atoms with Crippen LogP contribution in [0.3, 0.4) is 0 Å². The Bertz CT molecular complexity index is 554. The Morgan fingerprint density at radius 1 is 1.48 bits per heavy atom. The van der Waals surface area contributed by atoms with E-state index in [2.05, 4.69) is 21.0 Å². The van der Waals surface area contributed by atoms with Gasteiger partial charge >= 0.3 is 0 Å². The van der Waals surface area contributed by atoms with Gasteiger partial charge in [0.1, 0.15) is 0 Å². The highest BCUT2D eigenvalue weighted by atomic mass is 35.5. The lowest BCUT2D eigenvalue weighted by molar-refractivity contribution is 0.165. The smallest absolute Gasteiger partial charge is 0.208 e. The summed E-state index contributed by atoms with van der Waals surface area (Å²) in [6.45, 7) is 3.76. The lowest BCUT2D eigenvalue weighted by Gasteiger charge is -2.36. The van der Waals surface area contributed by atoms with Crippen LogP contribution >= 0.6 is 24.0 Å². The Morgan fingerprint density at radius 2 is 2.24 bits per heavy atom. The molecule has 0 spiro atoms. The maximum Gasteiger partial charge on any atom is 0.208 e. The molecular formula is C13H21Cl2N3O2S. The SMILES string of the molecule is CS(=O)(=O)NCCN1CCNCC1c1cccc(Cl)c1.Cl. The van der Waals surface area contributed by atoms with Crippen molar-refractivity contribution < 1.29 is 8.42 Å². The first-order valence-corrected chi connectivity index (χ1v) is 8.87.